The minimum absolute atomic E-state index is 0.195. The Morgan fingerprint density at radius 2 is 2.15 bits per heavy atom. The molecule has 0 saturated heterocycles. The summed E-state index contributed by atoms with van der Waals surface area (Å²) in [4.78, 5) is 16.3. The number of carbonyl (C=O) groups excluding carboxylic acids is 1. The Balaban J connectivity index is 1.96. The van der Waals surface area contributed by atoms with Crippen LogP contribution in [-0.2, 0) is 16.0 Å². The normalized spacial score (nSPS) is 21.8. The molecule has 2 heterocycles. The standard InChI is InChI=1S/C21H21BrN2O3/c1-3-21(20(26)27-2)11-16-15-10-13(22)7-8-17(15)23-19(16)18(24-21)12-5-4-6-14(25)9-12/h4-10,18,23-25H,3,11H2,1-2H3. The van der Waals surface area contributed by atoms with Crippen LogP contribution in [0.1, 0.15) is 36.2 Å². The van der Waals surface area contributed by atoms with Crippen molar-refractivity contribution in [3.8, 4) is 5.75 Å². The van der Waals surface area contributed by atoms with Crippen molar-refractivity contribution in [2.45, 2.75) is 31.3 Å². The smallest absolute Gasteiger partial charge is 0.326 e. The van der Waals surface area contributed by atoms with Crippen molar-refractivity contribution in [2.24, 2.45) is 0 Å². The van der Waals surface area contributed by atoms with Gasteiger partial charge in [-0.3, -0.25) is 10.1 Å². The minimum Gasteiger partial charge on any atom is -0.508 e. The number of H-pyrrole nitrogens is 1. The fraction of sp³-hybridized carbons (Fsp3) is 0.286. The van der Waals surface area contributed by atoms with Gasteiger partial charge in [0.2, 0.25) is 0 Å². The number of phenols is 1. The third-order valence-electron chi connectivity index (χ3n) is 5.47. The summed E-state index contributed by atoms with van der Waals surface area (Å²) in [5.41, 5.74) is 3.21. The summed E-state index contributed by atoms with van der Waals surface area (Å²) in [6.07, 6.45) is 1.13. The molecule has 1 aliphatic heterocycles. The van der Waals surface area contributed by atoms with E-state index in [0.717, 1.165) is 32.2 Å². The SMILES string of the molecule is CCC1(C(=O)OC)Cc2c([nH]c3ccc(Br)cc23)C(c2cccc(O)c2)N1. The predicted molar refractivity (Wildman–Crippen MR) is 108 cm³/mol. The Morgan fingerprint density at radius 1 is 1.33 bits per heavy atom. The number of carbonyl (C=O) groups is 1. The fourth-order valence-electron chi connectivity index (χ4n) is 4.03. The number of hydrogen-bond acceptors (Lipinski definition) is 4. The number of rotatable bonds is 3. The lowest BCUT2D eigenvalue weighted by Gasteiger charge is -2.39. The molecular weight excluding hydrogens is 408 g/mol. The van der Waals surface area contributed by atoms with Crippen molar-refractivity contribution in [1.29, 1.82) is 0 Å². The molecule has 3 N–H and O–H groups in total. The Hall–Kier alpha value is -2.31. The minimum atomic E-state index is -0.824. The Labute approximate surface area is 165 Å². The summed E-state index contributed by atoms with van der Waals surface area (Å²) in [6.45, 7) is 1.99. The van der Waals surface area contributed by atoms with E-state index in [1.807, 2.05) is 31.2 Å². The molecule has 1 aliphatic rings. The molecule has 140 valence electrons. The van der Waals surface area contributed by atoms with E-state index < -0.39 is 5.54 Å². The summed E-state index contributed by atoms with van der Waals surface area (Å²) in [5, 5.41) is 14.6. The van der Waals surface area contributed by atoms with Crippen LogP contribution in [0.4, 0.5) is 0 Å². The molecular formula is C21H21BrN2O3. The van der Waals surface area contributed by atoms with Crippen LogP contribution in [0.25, 0.3) is 10.9 Å². The maximum atomic E-state index is 12.7. The first-order valence-corrected chi connectivity index (χ1v) is 9.72. The zero-order chi connectivity index (χ0) is 19.2. The number of benzene rings is 2. The monoisotopic (exact) mass is 428 g/mol. The van der Waals surface area contributed by atoms with E-state index in [1.165, 1.54) is 7.11 Å². The molecule has 2 atom stereocenters. The molecule has 5 nitrogen and oxygen atoms in total. The van der Waals surface area contributed by atoms with Crippen molar-refractivity contribution in [1.82, 2.24) is 10.3 Å². The van der Waals surface area contributed by atoms with E-state index in [9.17, 15) is 9.90 Å². The van der Waals surface area contributed by atoms with Gasteiger partial charge in [0.15, 0.2) is 0 Å². The van der Waals surface area contributed by atoms with Gasteiger partial charge in [-0.25, -0.2) is 0 Å². The number of fused-ring (bicyclic) bond motifs is 3. The second-order valence-corrected chi connectivity index (χ2v) is 7.90. The van der Waals surface area contributed by atoms with Gasteiger partial charge in [0.05, 0.1) is 13.2 Å². The molecule has 0 spiro atoms. The molecule has 0 fully saturated rings. The van der Waals surface area contributed by atoms with Crippen LogP contribution < -0.4 is 5.32 Å². The third kappa shape index (κ3) is 2.93. The average molecular weight is 429 g/mol. The summed E-state index contributed by atoms with van der Waals surface area (Å²) >= 11 is 3.55. The van der Waals surface area contributed by atoms with Gasteiger partial charge < -0.3 is 14.8 Å². The number of phenolic OH excluding ortho intramolecular Hbond substituents is 1. The first-order chi connectivity index (χ1) is 13.0. The quantitative estimate of drug-likeness (QED) is 0.546. The zero-order valence-corrected chi connectivity index (χ0v) is 16.8. The number of aromatic amines is 1. The Morgan fingerprint density at radius 3 is 2.85 bits per heavy atom. The second kappa shape index (κ2) is 6.69. The van der Waals surface area contributed by atoms with Crippen LogP contribution in [0.2, 0.25) is 0 Å². The van der Waals surface area contributed by atoms with Crippen molar-refractivity contribution in [2.75, 3.05) is 7.11 Å². The van der Waals surface area contributed by atoms with Gasteiger partial charge in [-0.05, 0) is 47.9 Å². The molecule has 2 aromatic carbocycles. The Bertz CT molecular complexity index is 1030. The van der Waals surface area contributed by atoms with Gasteiger partial charge in [0.25, 0.3) is 0 Å². The van der Waals surface area contributed by atoms with E-state index in [4.69, 9.17) is 4.74 Å². The number of hydrogen-bond donors (Lipinski definition) is 3. The van der Waals surface area contributed by atoms with E-state index in [2.05, 4.69) is 32.3 Å². The number of aromatic hydroxyl groups is 1. The van der Waals surface area contributed by atoms with Crippen LogP contribution in [0.15, 0.2) is 46.9 Å². The molecule has 0 aliphatic carbocycles. The highest BCUT2D eigenvalue weighted by atomic mass is 79.9. The molecule has 27 heavy (non-hydrogen) atoms. The fourth-order valence-corrected chi connectivity index (χ4v) is 4.39. The summed E-state index contributed by atoms with van der Waals surface area (Å²) < 4.78 is 6.14. The molecule has 1 aromatic heterocycles. The number of esters is 1. The number of methoxy groups -OCH3 is 1. The van der Waals surface area contributed by atoms with E-state index in [1.54, 1.807) is 12.1 Å². The van der Waals surface area contributed by atoms with Gasteiger partial charge in [0, 0.05) is 27.5 Å². The van der Waals surface area contributed by atoms with Gasteiger partial charge in [-0.2, -0.15) is 0 Å². The zero-order valence-electron chi connectivity index (χ0n) is 15.2. The van der Waals surface area contributed by atoms with Crippen LogP contribution in [0, 0.1) is 0 Å². The second-order valence-electron chi connectivity index (χ2n) is 6.98. The number of aromatic nitrogens is 1. The lowest BCUT2D eigenvalue weighted by Crippen LogP contribution is -2.57. The van der Waals surface area contributed by atoms with Gasteiger partial charge in [-0.1, -0.05) is 35.0 Å². The number of halogens is 1. The number of nitrogens with one attached hydrogen (secondary N) is 2. The molecule has 0 radical (unpaired) electrons. The topological polar surface area (TPSA) is 74.4 Å². The third-order valence-corrected chi connectivity index (χ3v) is 5.97. The molecule has 6 heteroatoms. The predicted octanol–water partition coefficient (Wildman–Crippen LogP) is 4.19. The van der Waals surface area contributed by atoms with Crippen molar-refractivity contribution in [3.63, 3.8) is 0 Å². The highest BCUT2D eigenvalue weighted by Gasteiger charge is 2.46. The van der Waals surface area contributed by atoms with Gasteiger partial charge in [0.1, 0.15) is 11.3 Å². The molecule has 0 amide bonds. The van der Waals surface area contributed by atoms with Crippen molar-refractivity contribution < 1.29 is 14.6 Å². The molecule has 0 bridgehead atoms. The number of ether oxygens (including phenoxy) is 1. The van der Waals surface area contributed by atoms with E-state index in [0.29, 0.717) is 12.8 Å². The molecule has 3 aromatic rings. The maximum absolute atomic E-state index is 12.7. The lowest BCUT2D eigenvalue weighted by atomic mass is 9.80. The molecule has 0 saturated carbocycles. The van der Waals surface area contributed by atoms with Gasteiger partial charge >= 0.3 is 5.97 Å². The summed E-state index contributed by atoms with van der Waals surface area (Å²) in [7, 11) is 1.42. The first kappa shape index (κ1) is 18.1. The van der Waals surface area contributed by atoms with Crippen molar-refractivity contribution in [3.05, 3.63) is 63.8 Å². The van der Waals surface area contributed by atoms with Gasteiger partial charge in [-0.15, -0.1) is 0 Å². The highest BCUT2D eigenvalue weighted by Crippen LogP contribution is 2.41. The van der Waals surface area contributed by atoms with Crippen molar-refractivity contribution >= 4 is 32.8 Å². The Kier molecular flexibility index (Phi) is 4.48. The molecule has 4 rings (SSSR count). The largest absolute Gasteiger partial charge is 0.508 e. The summed E-state index contributed by atoms with van der Waals surface area (Å²) in [5.74, 6) is -0.0782. The summed E-state index contributed by atoms with van der Waals surface area (Å²) in [6, 6.07) is 13.0. The first-order valence-electron chi connectivity index (χ1n) is 8.92. The average Bonchev–Trinajstić information content (AvgIpc) is 3.04. The highest BCUT2D eigenvalue weighted by molar-refractivity contribution is 9.10. The molecule has 2 unspecified atom stereocenters. The van der Waals surface area contributed by atoms with Crippen LogP contribution in [0.3, 0.4) is 0 Å². The van der Waals surface area contributed by atoms with Crippen LogP contribution in [0.5, 0.6) is 5.75 Å². The van der Waals surface area contributed by atoms with E-state index in [-0.39, 0.29) is 17.8 Å². The maximum Gasteiger partial charge on any atom is 0.326 e. The van der Waals surface area contributed by atoms with Crippen LogP contribution in [-0.4, -0.2) is 28.7 Å². The van der Waals surface area contributed by atoms with Crippen LogP contribution >= 0.6 is 15.9 Å². The lowest BCUT2D eigenvalue weighted by molar-refractivity contribution is -0.149. The van der Waals surface area contributed by atoms with E-state index >= 15 is 0 Å².